The maximum atomic E-state index is 11.8. The lowest BCUT2D eigenvalue weighted by molar-refractivity contribution is -0.133. The highest BCUT2D eigenvalue weighted by molar-refractivity contribution is 8.02. The molecule has 0 unspecified atom stereocenters. The van der Waals surface area contributed by atoms with E-state index in [1.165, 1.54) is 18.9 Å². The summed E-state index contributed by atoms with van der Waals surface area (Å²) in [7, 11) is 1.40. The molecular weight excluding hydrogens is 256 g/mol. The van der Waals surface area contributed by atoms with E-state index in [0.29, 0.717) is 5.57 Å². The highest BCUT2D eigenvalue weighted by atomic mass is 32.2. The van der Waals surface area contributed by atoms with Gasteiger partial charge < -0.3 is 4.74 Å². The van der Waals surface area contributed by atoms with Crippen LogP contribution in [0.3, 0.4) is 0 Å². The van der Waals surface area contributed by atoms with Crippen LogP contribution in [0.15, 0.2) is 71.0 Å². The van der Waals surface area contributed by atoms with Gasteiger partial charge in [0.25, 0.3) is 0 Å². The number of carbonyl (C=O) groups is 1. The Kier molecular flexibility index (Phi) is 4.81. The molecule has 0 aliphatic heterocycles. The molecule has 0 fully saturated rings. The SMILES string of the molecule is COC(=O)/C(=C/Sc1ccccc1)c1ccccc1. The Morgan fingerprint density at radius 3 is 2.16 bits per heavy atom. The number of esters is 1. The van der Waals surface area contributed by atoms with Crippen LogP contribution in [0, 0.1) is 0 Å². The summed E-state index contributed by atoms with van der Waals surface area (Å²) in [5.74, 6) is -0.324. The molecule has 0 N–H and O–H groups in total. The Morgan fingerprint density at radius 1 is 1.00 bits per heavy atom. The maximum Gasteiger partial charge on any atom is 0.338 e. The lowest BCUT2D eigenvalue weighted by Gasteiger charge is -2.05. The van der Waals surface area contributed by atoms with Gasteiger partial charge in [0.15, 0.2) is 0 Å². The van der Waals surface area contributed by atoms with Crippen LogP contribution >= 0.6 is 11.8 Å². The van der Waals surface area contributed by atoms with Gasteiger partial charge in [0, 0.05) is 4.90 Å². The van der Waals surface area contributed by atoms with Crippen LogP contribution in [-0.2, 0) is 9.53 Å². The van der Waals surface area contributed by atoms with Gasteiger partial charge in [-0.15, -0.1) is 0 Å². The molecule has 3 heteroatoms. The van der Waals surface area contributed by atoms with Gasteiger partial charge >= 0.3 is 5.97 Å². The molecule has 0 aliphatic carbocycles. The molecule has 2 rings (SSSR count). The molecule has 0 atom stereocenters. The van der Waals surface area contributed by atoms with E-state index in [1.54, 1.807) is 0 Å². The molecule has 0 aromatic heterocycles. The number of rotatable bonds is 4. The van der Waals surface area contributed by atoms with E-state index in [-0.39, 0.29) is 5.97 Å². The second-order valence-corrected chi connectivity index (χ2v) is 4.76. The zero-order chi connectivity index (χ0) is 13.5. The van der Waals surface area contributed by atoms with Crippen LogP contribution < -0.4 is 0 Å². The van der Waals surface area contributed by atoms with Gasteiger partial charge in [-0.2, -0.15) is 0 Å². The summed E-state index contributed by atoms with van der Waals surface area (Å²) >= 11 is 1.50. The van der Waals surface area contributed by atoms with Crippen molar-refractivity contribution < 1.29 is 9.53 Å². The van der Waals surface area contributed by atoms with Crippen molar-refractivity contribution in [2.24, 2.45) is 0 Å². The van der Waals surface area contributed by atoms with Gasteiger partial charge in [-0.05, 0) is 23.1 Å². The second-order valence-electron chi connectivity index (χ2n) is 3.82. The first-order chi connectivity index (χ1) is 9.31. The summed E-state index contributed by atoms with van der Waals surface area (Å²) in [6, 6.07) is 19.4. The third-order valence-corrected chi connectivity index (χ3v) is 3.44. The fraction of sp³-hybridized carbons (Fsp3) is 0.0625. The fourth-order valence-electron chi connectivity index (χ4n) is 1.59. The van der Waals surface area contributed by atoms with Gasteiger partial charge in [-0.25, -0.2) is 4.79 Å². The van der Waals surface area contributed by atoms with Crippen molar-refractivity contribution in [3.8, 4) is 0 Å². The summed E-state index contributed by atoms with van der Waals surface area (Å²) in [6.07, 6.45) is 0. The molecule has 0 spiro atoms. The van der Waals surface area contributed by atoms with E-state index in [1.807, 2.05) is 66.1 Å². The van der Waals surface area contributed by atoms with Crippen LogP contribution in [0.2, 0.25) is 0 Å². The largest absolute Gasteiger partial charge is 0.465 e. The zero-order valence-corrected chi connectivity index (χ0v) is 11.4. The first-order valence-corrected chi connectivity index (χ1v) is 6.75. The Labute approximate surface area is 117 Å². The molecule has 0 radical (unpaired) electrons. The number of benzene rings is 2. The molecule has 0 saturated heterocycles. The number of hydrogen-bond donors (Lipinski definition) is 0. The minimum Gasteiger partial charge on any atom is -0.465 e. The lowest BCUT2D eigenvalue weighted by atomic mass is 10.1. The smallest absolute Gasteiger partial charge is 0.338 e. The molecule has 2 nitrogen and oxygen atoms in total. The summed E-state index contributed by atoms with van der Waals surface area (Å²) in [6.45, 7) is 0. The Bertz CT molecular complexity index is 562. The molecule has 0 amide bonds. The standard InChI is InChI=1S/C16H14O2S/c1-18-16(17)15(13-8-4-2-5-9-13)12-19-14-10-6-3-7-11-14/h2-12H,1H3/b15-12+. The van der Waals surface area contributed by atoms with Crippen molar-refractivity contribution in [1.29, 1.82) is 0 Å². The molecule has 19 heavy (non-hydrogen) atoms. The maximum absolute atomic E-state index is 11.8. The van der Waals surface area contributed by atoms with Gasteiger partial charge in [0.05, 0.1) is 12.7 Å². The van der Waals surface area contributed by atoms with Crippen LogP contribution in [0.4, 0.5) is 0 Å². The number of carbonyl (C=O) groups excluding carboxylic acids is 1. The van der Waals surface area contributed by atoms with Gasteiger partial charge in [0.2, 0.25) is 0 Å². The third kappa shape index (κ3) is 3.73. The molecule has 96 valence electrons. The van der Waals surface area contributed by atoms with Crippen molar-refractivity contribution in [3.05, 3.63) is 71.6 Å². The lowest BCUT2D eigenvalue weighted by Crippen LogP contribution is -2.03. The number of thioether (sulfide) groups is 1. The predicted molar refractivity (Wildman–Crippen MR) is 78.7 cm³/mol. The number of methoxy groups -OCH3 is 1. The number of hydrogen-bond acceptors (Lipinski definition) is 3. The van der Waals surface area contributed by atoms with Crippen LogP contribution in [0.5, 0.6) is 0 Å². The van der Waals surface area contributed by atoms with Crippen molar-refractivity contribution in [3.63, 3.8) is 0 Å². The molecular formula is C16H14O2S. The van der Waals surface area contributed by atoms with E-state index < -0.39 is 0 Å². The summed E-state index contributed by atoms with van der Waals surface area (Å²) in [5.41, 5.74) is 1.43. The van der Waals surface area contributed by atoms with Crippen molar-refractivity contribution in [2.75, 3.05) is 7.11 Å². The van der Waals surface area contributed by atoms with E-state index in [4.69, 9.17) is 4.74 Å². The summed E-state index contributed by atoms with van der Waals surface area (Å²) < 4.78 is 4.83. The first kappa shape index (κ1) is 13.4. The minimum absolute atomic E-state index is 0.324. The van der Waals surface area contributed by atoms with Crippen molar-refractivity contribution >= 4 is 23.3 Å². The molecule has 2 aromatic rings. The van der Waals surface area contributed by atoms with Gasteiger partial charge in [0.1, 0.15) is 0 Å². The average molecular weight is 270 g/mol. The monoisotopic (exact) mass is 270 g/mol. The molecule has 0 saturated carbocycles. The third-order valence-electron chi connectivity index (χ3n) is 2.55. The topological polar surface area (TPSA) is 26.3 Å². The van der Waals surface area contributed by atoms with E-state index in [2.05, 4.69) is 0 Å². The number of ether oxygens (including phenoxy) is 1. The van der Waals surface area contributed by atoms with Crippen LogP contribution in [0.1, 0.15) is 5.56 Å². The predicted octanol–water partition coefficient (Wildman–Crippen LogP) is 3.99. The highest BCUT2D eigenvalue weighted by Gasteiger charge is 2.11. The van der Waals surface area contributed by atoms with Gasteiger partial charge in [-0.1, -0.05) is 60.3 Å². The van der Waals surface area contributed by atoms with Crippen molar-refractivity contribution in [1.82, 2.24) is 0 Å². The summed E-state index contributed by atoms with van der Waals surface area (Å²) in [4.78, 5) is 12.9. The van der Waals surface area contributed by atoms with E-state index in [0.717, 1.165) is 10.5 Å². The Morgan fingerprint density at radius 2 is 1.58 bits per heavy atom. The second kappa shape index (κ2) is 6.81. The van der Waals surface area contributed by atoms with Gasteiger partial charge in [-0.3, -0.25) is 0 Å². The van der Waals surface area contributed by atoms with E-state index in [9.17, 15) is 4.79 Å². The van der Waals surface area contributed by atoms with Crippen molar-refractivity contribution in [2.45, 2.75) is 4.90 Å². The quantitative estimate of drug-likeness (QED) is 0.477. The molecule has 2 aromatic carbocycles. The zero-order valence-electron chi connectivity index (χ0n) is 10.6. The normalized spacial score (nSPS) is 11.1. The summed E-state index contributed by atoms with van der Waals surface area (Å²) in [5, 5.41) is 1.83. The highest BCUT2D eigenvalue weighted by Crippen LogP contribution is 2.25. The Hall–Kier alpha value is -2.00. The van der Waals surface area contributed by atoms with Crippen LogP contribution in [-0.4, -0.2) is 13.1 Å². The minimum atomic E-state index is -0.324. The molecule has 0 bridgehead atoms. The van der Waals surface area contributed by atoms with Crippen LogP contribution in [0.25, 0.3) is 5.57 Å². The molecule has 0 heterocycles. The Balaban J connectivity index is 2.26. The van der Waals surface area contributed by atoms with E-state index >= 15 is 0 Å². The average Bonchev–Trinajstić information content (AvgIpc) is 2.49. The fourth-order valence-corrected chi connectivity index (χ4v) is 2.39. The first-order valence-electron chi connectivity index (χ1n) is 5.87. The molecule has 0 aliphatic rings.